The second-order valence-electron chi connectivity index (χ2n) is 22.8. The van der Waals surface area contributed by atoms with Gasteiger partial charge in [-0.05, 0) is 52.9 Å². The van der Waals surface area contributed by atoms with Crippen molar-refractivity contribution < 1.29 is 102 Å². The third kappa shape index (κ3) is 20.8. The molecule has 0 aromatic carbocycles. The van der Waals surface area contributed by atoms with Crippen LogP contribution in [-0.4, -0.2) is 189 Å². The normalized spacial score (nSPS) is 38.3. The second kappa shape index (κ2) is 35.8. The van der Waals surface area contributed by atoms with E-state index in [1.807, 2.05) is 0 Å². The molecular weight excluding hydrogens is 1030 g/mol. The summed E-state index contributed by atoms with van der Waals surface area (Å²) in [5.41, 5.74) is 0. The van der Waals surface area contributed by atoms with Crippen LogP contribution in [0.4, 0.5) is 0 Å². The molecule has 0 amide bonds. The van der Waals surface area contributed by atoms with Gasteiger partial charge in [-0.1, -0.05) is 143 Å². The minimum absolute atomic E-state index is 0.00749. The zero-order chi connectivity index (χ0) is 57.4. The van der Waals surface area contributed by atoms with Gasteiger partial charge in [-0.25, -0.2) is 0 Å². The first-order chi connectivity index (χ1) is 38.0. The van der Waals surface area contributed by atoms with Gasteiger partial charge < -0.3 is 87.9 Å². The van der Waals surface area contributed by atoms with Gasteiger partial charge in [0, 0.05) is 19.3 Å². The number of fused-ring (bicyclic) bond motifs is 3. The molecule has 0 aromatic heterocycles. The van der Waals surface area contributed by atoms with Crippen LogP contribution in [0.3, 0.4) is 0 Å². The molecule has 21 nitrogen and oxygen atoms in total. The summed E-state index contributed by atoms with van der Waals surface area (Å²) in [6, 6.07) is 0. The van der Waals surface area contributed by atoms with E-state index in [0.29, 0.717) is 32.1 Å². The number of esters is 3. The molecule has 5 rings (SSSR count). The van der Waals surface area contributed by atoms with Crippen LogP contribution in [0.15, 0.2) is 0 Å². The summed E-state index contributed by atoms with van der Waals surface area (Å²) >= 11 is 0. The van der Waals surface area contributed by atoms with Crippen LogP contribution in [-0.2, 0) is 66.5 Å². The predicted molar refractivity (Wildman–Crippen MR) is 286 cm³/mol. The summed E-state index contributed by atoms with van der Waals surface area (Å²) in [5, 5.41) is 80.0. The van der Waals surface area contributed by atoms with Gasteiger partial charge in [-0.15, -0.1) is 0 Å². The predicted octanol–water partition coefficient (Wildman–Crippen LogP) is 5.99. The third-order valence-corrected chi connectivity index (χ3v) is 16.1. The van der Waals surface area contributed by atoms with Crippen molar-refractivity contribution in [3.8, 4) is 0 Å². The van der Waals surface area contributed by atoms with Gasteiger partial charge >= 0.3 is 17.9 Å². The highest BCUT2D eigenvalue weighted by Crippen LogP contribution is 2.37. The van der Waals surface area contributed by atoms with E-state index >= 15 is 0 Å². The maximum absolute atomic E-state index is 13.7. The molecule has 460 valence electrons. The topological polar surface area (TPSA) is 294 Å². The first kappa shape index (κ1) is 67.6. The van der Waals surface area contributed by atoms with E-state index in [1.54, 1.807) is 20.8 Å². The minimum atomic E-state index is -1.83. The van der Waals surface area contributed by atoms with Crippen molar-refractivity contribution >= 4 is 17.9 Å². The molecule has 5 aliphatic rings. The number of carbonyl (C=O) groups excluding carboxylic acids is 3. The van der Waals surface area contributed by atoms with Gasteiger partial charge in [-0.3, -0.25) is 14.4 Å². The molecule has 5 aliphatic heterocycles. The molecule has 0 unspecified atom stereocenters. The fourth-order valence-corrected chi connectivity index (χ4v) is 11.3. The lowest BCUT2D eigenvalue weighted by Gasteiger charge is -2.49. The molecular formula is C58H102O21. The lowest BCUT2D eigenvalue weighted by Crippen LogP contribution is -2.67. The van der Waals surface area contributed by atoms with Crippen LogP contribution in [0.1, 0.15) is 215 Å². The summed E-state index contributed by atoms with van der Waals surface area (Å²) in [5.74, 6) is -1.86. The molecule has 0 spiro atoms. The van der Waals surface area contributed by atoms with Gasteiger partial charge in [0.2, 0.25) is 0 Å². The lowest BCUT2D eigenvalue weighted by molar-refractivity contribution is -0.388. The molecule has 0 aliphatic carbocycles. The average molecular weight is 1140 g/mol. The molecule has 2 bridgehead atoms. The standard InChI is InChI=1S/C58H102O21/c1-7-10-13-15-17-22-27-31-40(60)74-49-35(4)69-55(46(66)45(49)65)77-50-36(5)70-56(47(67)52(50)75-41(61)32-26-20-14-11-8-2)78-51-37(6)71-57-48(68)53(51)76-42(62)33-28-23-19-16-18-21-25-30-38(29-24-12-9-3)72-58-54(79-57)44(64)43(63)39(34-59)73-58/h35-39,43-59,63-68H,7-34H2,1-6H3/t35-,36-,37-,38-,39+,43+,44-,45-,46+,47+,48+,49-,50-,51-,52-,53-,54+,55-,56-,57-,58+/m0/s1. The Morgan fingerprint density at radius 3 is 1.62 bits per heavy atom. The van der Waals surface area contributed by atoms with Crippen molar-refractivity contribution in [3.05, 3.63) is 0 Å². The van der Waals surface area contributed by atoms with Crippen LogP contribution in [0.25, 0.3) is 0 Å². The number of ether oxygens (including phenoxy) is 11. The Bertz CT molecular complexity index is 1710. The molecule has 7 N–H and O–H groups in total. The molecule has 0 saturated carbocycles. The van der Waals surface area contributed by atoms with Crippen LogP contribution >= 0.6 is 0 Å². The largest absolute Gasteiger partial charge is 0.457 e. The SMILES string of the molecule is CCCCCCCCCC(=O)O[C@@H]1[C@@H](O)[C@@H](O)[C@H](O[C@@H]2[C@@H](OC(=O)CCCCCCC)[C@@H](O)[C@H](O[C@@H]3[C@H]4OC(=O)CCCCCCCCC[C@H](CCCCC)O[C@@H]5O[C@H](CO)[C@@H](O)[C@H](O)[C@H]5O[C@H](O[C@H]3C)[C@@H]4O)O[C@H]2C)O[C@H]1C. The number of aliphatic hydroxyl groups is 7. The fraction of sp³-hybridized carbons (Fsp3) is 0.948. The van der Waals surface area contributed by atoms with E-state index < -0.39 is 147 Å². The second-order valence-corrected chi connectivity index (χ2v) is 22.8. The average Bonchev–Trinajstić information content (AvgIpc) is 3.56. The van der Waals surface area contributed by atoms with Crippen molar-refractivity contribution in [1.29, 1.82) is 0 Å². The number of rotatable bonds is 25. The first-order valence-electron chi connectivity index (χ1n) is 30.5. The molecule has 21 atom stereocenters. The maximum Gasteiger partial charge on any atom is 0.306 e. The maximum atomic E-state index is 13.7. The zero-order valence-electron chi connectivity index (χ0n) is 48.3. The van der Waals surface area contributed by atoms with Gasteiger partial charge in [0.25, 0.3) is 0 Å². The highest BCUT2D eigenvalue weighted by atomic mass is 16.8. The Hall–Kier alpha value is -2.19. The Kier molecular flexibility index (Phi) is 30.7. The third-order valence-electron chi connectivity index (χ3n) is 16.1. The highest BCUT2D eigenvalue weighted by molar-refractivity contribution is 5.70. The van der Waals surface area contributed by atoms with Gasteiger partial charge in [0.1, 0.15) is 61.0 Å². The molecule has 5 heterocycles. The summed E-state index contributed by atoms with van der Waals surface area (Å²) < 4.78 is 68.0. The molecule has 0 aromatic rings. The number of hydrogen-bond acceptors (Lipinski definition) is 21. The first-order valence-corrected chi connectivity index (χ1v) is 30.5. The van der Waals surface area contributed by atoms with E-state index in [9.17, 15) is 50.1 Å². The fourth-order valence-electron chi connectivity index (χ4n) is 11.3. The molecule has 5 fully saturated rings. The highest BCUT2D eigenvalue weighted by Gasteiger charge is 2.57. The Labute approximate surface area is 469 Å². The van der Waals surface area contributed by atoms with Crippen molar-refractivity contribution in [2.24, 2.45) is 0 Å². The molecule has 5 saturated heterocycles. The van der Waals surface area contributed by atoms with Crippen molar-refractivity contribution in [2.75, 3.05) is 6.61 Å². The van der Waals surface area contributed by atoms with Crippen LogP contribution in [0, 0.1) is 0 Å². The summed E-state index contributed by atoms with van der Waals surface area (Å²) in [4.78, 5) is 40.2. The Morgan fingerprint density at radius 1 is 0.481 bits per heavy atom. The summed E-state index contributed by atoms with van der Waals surface area (Å²) in [6.07, 6.45) is -8.26. The molecule has 0 radical (unpaired) electrons. The van der Waals surface area contributed by atoms with Crippen molar-refractivity contribution in [3.63, 3.8) is 0 Å². The van der Waals surface area contributed by atoms with E-state index in [0.717, 1.165) is 116 Å². The van der Waals surface area contributed by atoms with Crippen LogP contribution < -0.4 is 0 Å². The lowest BCUT2D eigenvalue weighted by atomic mass is 9.95. The van der Waals surface area contributed by atoms with E-state index in [1.165, 1.54) is 6.42 Å². The van der Waals surface area contributed by atoms with Crippen molar-refractivity contribution in [2.45, 2.75) is 344 Å². The van der Waals surface area contributed by atoms with E-state index in [4.69, 9.17) is 52.1 Å². The van der Waals surface area contributed by atoms with Crippen LogP contribution in [0.2, 0.25) is 0 Å². The number of aliphatic hydroxyl groups excluding tert-OH is 7. The zero-order valence-corrected chi connectivity index (χ0v) is 48.3. The molecule has 21 heteroatoms. The van der Waals surface area contributed by atoms with Gasteiger partial charge in [0.05, 0.1) is 31.0 Å². The quantitative estimate of drug-likeness (QED) is 0.0314. The smallest absolute Gasteiger partial charge is 0.306 e. The number of unbranched alkanes of at least 4 members (excludes halogenated alkanes) is 12. The summed E-state index contributed by atoms with van der Waals surface area (Å²) in [7, 11) is 0. The summed E-state index contributed by atoms with van der Waals surface area (Å²) in [6.45, 7) is 10.4. The van der Waals surface area contributed by atoms with E-state index in [-0.39, 0.29) is 25.4 Å². The minimum Gasteiger partial charge on any atom is -0.457 e. The van der Waals surface area contributed by atoms with Crippen molar-refractivity contribution in [1.82, 2.24) is 0 Å². The van der Waals surface area contributed by atoms with Crippen LogP contribution in [0.5, 0.6) is 0 Å². The Balaban J connectivity index is 1.36. The molecule has 79 heavy (non-hydrogen) atoms. The van der Waals surface area contributed by atoms with E-state index in [2.05, 4.69) is 20.8 Å². The van der Waals surface area contributed by atoms with Gasteiger partial charge in [0.15, 0.2) is 43.5 Å². The Morgan fingerprint density at radius 2 is 1.00 bits per heavy atom. The number of hydrogen-bond donors (Lipinski definition) is 7. The number of carbonyl (C=O) groups is 3. The van der Waals surface area contributed by atoms with Gasteiger partial charge in [-0.2, -0.15) is 0 Å². The monoisotopic (exact) mass is 1130 g/mol.